The molecule has 1 aliphatic heterocycles. The van der Waals surface area contributed by atoms with Crippen molar-refractivity contribution in [2.45, 2.75) is 25.9 Å². The minimum Gasteiger partial charge on any atom is -0.497 e. The van der Waals surface area contributed by atoms with Crippen molar-refractivity contribution in [2.24, 2.45) is 0 Å². The summed E-state index contributed by atoms with van der Waals surface area (Å²) in [6.07, 6.45) is 3.29. The van der Waals surface area contributed by atoms with Crippen molar-refractivity contribution < 1.29 is 4.74 Å². The molecule has 0 saturated carbocycles. The zero-order chi connectivity index (χ0) is 28.6. The number of nitrogens with zero attached hydrogens (tertiary/aromatic N) is 2. The molecule has 7 heteroatoms. The number of methoxy groups -OCH3 is 1. The minimum atomic E-state index is -0.769. The number of nitrogens with one attached hydrogen (secondary N) is 2. The van der Waals surface area contributed by atoms with Gasteiger partial charge in [0, 0.05) is 24.6 Å². The van der Waals surface area contributed by atoms with Crippen LogP contribution in [0.5, 0.6) is 5.75 Å². The second kappa shape index (κ2) is 13.7. The fourth-order valence-corrected chi connectivity index (χ4v) is 8.05. The molecule has 1 aliphatic rings. The summed E-state index contributed by atoms with van der Waals surface area (Å²) >= 11 is 5.65. The van der Waals surface area contributed by atoms with Gasteiger partial charge in [-0.1, -0.05) is 78.9 Å². The number of hydrogen-bond donors (Lipinski definition) is 2. The number of ether oxygens (including phenoxy) is 1. The SMILES string of the molecule is COc1ccc(C2=CN([C@@H](C)c3ccccc3)P(CCNC(=S)Nc3ccccc3)N2[C@@H](C)c2ccccc2)cc1. The molecule has 210 valence electrons. The Morgan fingerprint density at radius 3 is 1.93 bits per heavy atom. The first-order valence-corrected chi connectivity index (χ1v) is 15.8. The molecule has 41 heavy (non-hydrogen) atoms. The number of thiocarbonyl (C=S) groups is 1. The average Bonchev–Trinajstić information content (AvgIpc) is 3.41. The third kappa shape index (κ3) is 6.90. The first kappa shape index (κ1) is 28.7. The Bertz CT molecular complexity index is 1430. The summed E-state index contributed by atoms with van der Waals surface area (Å²) in [5, 5.41) is 7.42. The largest absolute Gasteiger partial charge is 0.497 e. The van der Waals surface area contributed by atoms with Crippen LogP contribution in [0.2, 0.25) is 0 Å². The molecule has 0 amide bonds. The van der Waals surface area contributed by atoms with Gasteiger partial charge >= 0.3 is 0 Å². The quantitative estimate of drug-likeness (QED) is 0.145. The first-order chi connectivity index (χ1) is 20.0. The Hall–Kier alpha value is -3.86. The lowest BCUT2D eigenvalue weighted by molar-refractivity contribution is 0.414. The van der Waals surface area contributed by atoms with E-state index in [-0.39, 0.29) is 12.1 Å². The van der Waals surface area contributed by atoms with Gasteiger partial charge < -0.3 is 24.7 Å². The Labute approximate surface area is 250 Å². The lowest BCUT2D eigenvalue weighted by Crippen LogP contribution is -2.33. The van der Waals surface area contributed by atoms with Crippen molar-refractivity contribution in [3.05, 3.63) is 138 Å². The van der Waals surface area contributed by atoms with Crippen LogP contribution in [0.3, 0.4) is 0 Å². The van der Waals surface area contributed by atoms with Crippen molar-refractivity contribution in [1.82, 2.24) is 14.7 Å². The highest BCUT2D eigenvalue weighted by Crippen LogP contribution is 2.61. The molecule has 0 aromatic heterocycles. The van der Waals surface area contributed by atoms with Crippen LogP contribution >= 0.6 is 20.4 Å². The molecule has 4 aromatic rings. The predicted molar refractivity (Wildman–Crippen MR) is 177 cm³/mol. The fraction of sp³-hybridized carbons (Fsp3) is 0.206. The van der Waals surface area contributed by atoms with E-state index in [4.69, 9.17) is 17.0 Å². The van der Waals surface area contributed by atoms with E-state index >= 15 is 0 Å². The first-order valence-electron chi connectivity index (χ1n) is 14.0. The highest BCUT2D eigenvalue weighted by Gasteiger charge is 2.38. The average molecular weight is 581 g/mol. The second-order valence-electron chi connectivity index (χ2n) is 9.98. The smallest absolute Gasteiger partial charge is 0.170 e. The molecule has 0 spiro atoms. The molecule has 5 nitrogen and oxygen atoms in total. The van der Waals surface area contributed by atoms with Crippen molar-refractivity contribution in [3.8, 4) is 5.75 Å². The molecule has 0 aliphatic carbocycles. The Balaban J connectivity index is 1.46. The highest BCUT2D eigenvalue weighted by molar-refractivity contribution is 7.80. The standard InChI is InChI=1S/C34H37N4OPS/c1-26(28-13-7-4-8-14-28)37-25-33(30-19-21-32(39-3)22-20-30)38(27(2)29-15-9-5-10-16-29)40(37)24-23-35-34(41)36-31-17-11-6-12-18-31/h4-22,25-27H,23-24H2,1-3H3,(H2,35,36,41)/t26-,27-,40?/m0/s1. The lowest BCUT2D eigenvalue weighted by Gasteiger charge is -2.40. The van der Waals surface area contributed by atoms with Gasteiger partial charge in [0.1, 0.15) is 5.75 Å². The van der Waals surface area contributed by atoms with Crippen LogP contribution < -0.4 is 15.4 Å². The maximum Gasteiger partial charge on any atom is 0.170 e. The molecular weight excluding hydrogens is 543 g/mol. The maximum atomic E-state index is 5.65. The van der Waals surface area contributed by atoms with Crippen LogP contribution in [0.15, 0.2) is 121 Å². The molecule has 0 radical (unpaired) electrons. The number of para-hydroxylation sites is 1. The normalized spacial score (nSPS) is 16.1. The zero-order valence-electron chi connectivity index (χ0n) is 23.8. The van der Waals surface area contributed by atoms with Gasteiger partial charge in [-0.3, -0.25) is 0 Å². The Morgan fingerprint density at radius 2 is 1.34 bits per heavy atom. The van der Waals surface area contributed by atoms with Crippen LogP contribution in [0.25, 0.3) is 5.70 Å². The van der Waals surface area contributed by atoms with E-state index in [1.54, 1.807) is 7.11 Å². The Morgan fingerprint density at radius 1 is 0.780 bits per heavy atom. The van der Waals surface area contributed by atoms with Gasteiger partial charge in [0.25, 0.3) is 0 Å². The molecule has 4 aromatic carbocycles. The van der Waals surface area contributed by atoms with Crippen LogP contribution in [-0.2, 0) is 0 Å². The fourth-order valence-electron chi connectivity index (χ4n) is 5.12. The van der Waals surface area contributed by atoms with E-state index in [0.717, 1.165) is 24.1 Å². The van der Waals surface area contributed by atoms with Crippen LogP contribution in [-0.4, -0.2) is 34.3 Å². The van der Waals surface area contributed by atoms with Gasteiger partial charge in [-0.05, 0) is 79.2 Å². The van der Waals surface area contributed by atoms with Gasteiger partial charge in [-0.25, -0.2) is 0 Å². The summed E-state index contributed by atoms with van der Waals surface area (Å²) in [5.41, 5.74) is 5.98. The van der Waals surface area contributed by atoms with E-state index in [0.29, 0.717) is 5.11 Å². The zero-order valence-corrected chi connectivity index (χ0v) is 25.5. The number of benzene rings is 4. The number of hydrogen-bond acceptors (Lipinski definition) is 4. The summed E-state index contributed by atoms with van der Waals surface area (Å²) in [6, 6.07) is 40.4. The Kier molecular flexibility index (Phi) is 9.55. The second-order valence-corrected chi connectivity index (χ2v) is 12.5. The van der Waals surface area contributed by atoms with Crippen molar-refractivity contribution in [3.63, 3.8) is 0 Å². The monoisotopic (exact) mass is 580 g/mol. The van der Waals surface area contributed by atoms with E-state index in [1.807, 2.05) is 42.5 Å². The molecule has 0 fully saturated rings. The van der Waals surface area contributed by atoms with Gasteiger partial charge in [-0.2, -0.15) is 0 Å². The summed E-state index contributed by atoms with van der Waals surface area (Å²) in [6.45, 7) is 5.37. The lowest BCUT2D eigenvalue weighted by atomic mass is 10.1. The minimum absolute atomic E-state index is 0.179. The van der Waals surface area contributed by atoms with Crippen molar-refractivity contribution in [2.75, 3.05) is 25.1 Å². The van der Waals surface area contributed by atoms with Crippen molar-refractivity contribution >= 4 is 36.9 Å². The van der Waals surface area contributed by atoms with Crippen LogP contribution in [0.4, 0.5) is 5.69 Å². The van der Waals surface area contributed by atoms with Crippen LogP contribution in [0, 0.1) is 0 Å². The number of anilines is 1. The third-order valence-electron chi connectivity index (χ3n) is 7.36. The maximum absolute atomic E-state index is 5.65. The molecule has 0 bridgehead atoms. The van der Waals surface area contributed by atoms with Crippen LogP contribution in [0.1, 0.15) is 42.6 Å². The topological polar surface area (TPSA) is 39.8 Å². The summed E-state index contributed by atoms with van der Waals surface area (Å²) < 4.78 is 10.7. The molecule has 1 unspecified atom stereocenters. The van der Waals surface area contributed by atoms with Crippen molar-refractivity contribution in [1.29, 1.82) is 0 Å². The third-order valence-corrected chi connectivity index (χ3v) is 10.3. The summed E-state index contributed by atoms with van der Waals surface area (Å²) in [7, 11) is 0.939. The van der Waals surface area contributed by atoms with E-state index in [9.17, 15) is 0 Å². The molecule has 3 atom stereocenters. The summed E-state index contributed by atoms with van der Waals surface area (Å²) in [5.74, 6) is 0.857. The van der Waals surface area contributed by atoms with E-state index in [1.165, 1.54) is 22.4 Å². The highest BCUT2D eigenvalue weighted by atomic mass is 32.1. The molecule has 1 heterocycles. The predicted octanol–water partition coefficient (Wildman–Crippen LogP) is 8.43. The molecule has 0 saturated heterocycles. The van der Waals surface area contributed by atoms with Gasteiger partial charge in [-0.15, -0.1) is 0 Å². The summed E-state index contributed by atoms with van der Waals surface area (Å²) in [4.78, 5) is 0. The molecule has 2 N–H and O–H groups in total. The van der Waals surface area contributed by atoms with E-state index in [2.05, 4.69) is 113 Å². The number of rotatable bonds is 10. The van der Waals surface area contributed by atoms with Gasteiger partial charge in [0.05, 0.1) is 33.1 Å². The van der Waals surface area contributed by atoms with Gasteiger partial charge in [0.2, 0.25) is 0 Å². The van der Waals surface area contributed by atoms with Gasteiger partial charge in [0.15, 0.2) is 5.11 Å². The van der Waals surface area contributed by atoms with E-state index < -0.39 is 8.22 Å². The molecule has 5 rings (SSSR count). The molecular formula is C34H37N4OPS.